The van der Waals surface area contributed by atoms with Crippen LogP contribution in [0.2, 0.25) is 0 Å². The van der Waals surface area contributed by atoms with E-state index in [2.05, 4.69) is 4.90 Å². The molecular weight excluding hydrogens is 330 g/mol. The molecule has 2 aliphatic heterocycles. The van der Waals surface area contributed by atoms with Gasteiger partial charge in [-0.05, 0) is 57.7 Å². The van der Waals surface area contributed by atoms with Crippen LogP contribution < -0.4 is 4.74 Å². The van der Waals surface area contributed by atoms with Crippen LogP contribution in [0.4, 0.5) is 0 Å². The number of likely N-dealkylation sites (tertiary alicyclic amines) is 1. The predicted molar refractivity (Wildman–Crippen MR) is 100 cm³/mol. The van der Waals surface area contributed by atoms with Crippen molar-refractivity contribution in [3.05, 3.63) is 30.3 Å². The summed E-state index contributed by atoms with van der Waals surface area (Å²) in [5, 5.41) is 0. The lowest BCUT2D eigenvalue weighted by Crippen LogP contribution is -2.53. The van der Waals surface area contributed by atoms with Gasteiger partial charge in [0.05, 0.1) is 18.6 Å². The zero-order valence-electron chi connectivity index (χ0n) is 15.8. The van der Waals surface area contributed by atoms with Gasteiger partial charge in [0, 0.05) is 25.8 Å². The van der Waals surface area contributed by atoms with E-state index in [1.54, 1.807) is 0 Å². The zero-order chi connectivity index (χ0) is 18.2. The summed E-state index contributed by atoms with van der Waals surface area (Å²) in [6.45, 7) is 6.32. The van der Waals surface area contributed by atoms with Crippen molar-refractivity contribution in [3.8, 4) is 5.75 Å². The van der Waals surface area contributed by atoms with Crippen molar-refractivity contribution in [2.75, 3.05) is 39.5 Å². The number of benzene rings is 1. The van der Waals surface area contributed by atoms with Crippen molar-refractivity contribution in [1.82, 2.24) is 4.90 Å². The Morgan fingerprint density at radius 2 is 2.04 bits per heavy atom. The fourth-order valence-electron chi connectivity index (χ4n) is 4.17. The largest absolute Gasteiger partial charge is 0.494 e. The first-order valence-electron chi connectivity index (χ1n) is 9.90. The Morgan fingerprint density at radius 3 is 2.77 bits per heavy atom. The SMILES string of the molecule is CCOC(=O)[C@]1(CCOc2ccccc2)CCCN(C2CCOCC2)C1. The van der Waals surface area contributed by atoms with Gasteiger partial charge in [-0.25, -0.2) is 0 Å². The van der Waals surface area contributed by atoms with E-state index < -0.39 is 5.41 Å². The van der Waals surface area contributed by atoms with Crippen LogP contribution in [0.1, 0.15) is 39.0 Å². The van der Waals surface area contributed by atoms with E-state index in [1.165, 1.54) is 0 Å². The Labute approximate surface area is 156 Å². The highest BCUT2D eigenvalue weighted by atomic mass is 16.5. The third-order valence-corrected chi connectivity index (χ3v) is 5.61. The lowest BCUT2D eigenvalue weighted by molar-refractivity contribution is -0.161. The smallest absolute Gasteiger partial charge is 0.313 e. The van der Waals surface area contributed by atoms with Crippen LogP contribution >= 0.6 is 0 Å². The second kappa shape index (κ2) is 9.38. The monoisotopic (exact) mass is 361 g/mol. The quantitative estimate of drug-likeness (QED) is 0.698. The predicted octanol–water partition coefficient (Wildman–Crippen LogP) is 3.28. The minimum Gasteiger partial charge on any atom is -0.494 e. The van der Waals surface area contributed by atoms with E-state index >= 15 is 0 Å². The summed E-state index contributed by atoms with van der Waals surface area (Å²) < 4.78 is 16.9. The van der Waals surface area contributed by atoms with Crippen molar-refractivity contribution in [2.45, 2.75) is 45.1 Å². The summed E-state index contributed by atoms with van der Waals surface area (Å²) >= 11 is 0. The Kier molecular flexibility index (Phi) is 6.92. The van der Waals surface area contributed by atoms with Gasteiger partial charge in [0.1, 0.15) is 5.75 Å². The van der Waals surface area contributed by atoms with Crippen LogP contribution in [-0.4, -0.2) is 56.4 Å². The number of nitrogens with zero attached hydrogens (tertiary/aromatic N) is 1. The van der Waals surface area contributed by atoms with Crippen LogP contribution in [0.5, 0.6) is 5.75 Å². The van der Waals surface area contributed by atoms with Gasteiger partial charge in [-0.15, -0.1) is 0 Å². The lowest BCUT2D eigenvalue weighted by atomic mass is 9.76. The van der Waals surface area contributed by atoms with Crippen molar-refractivity contribution in [1.29, 1.82) is 0 Å². The van der Waals surface area contributed by atoms with E-state index in [1.807, 2.05) is 37.3 Å². The highest BCUT2D eigenvalue weighted by Crippen LogP contribution is 2.37. The van der Waals surface area contributed by atoms with Crippen molar-refractivity contribution >= 4 is 5.97 Å². The van der Waals surface area contributed by atoms with Crippen LogP contribution in [-0.2, 0) is 14.3 Å². The first-order chi connectivity index (χ1) is 12.7. The van der Waals surface area contributed by atoms with Crippen LogP contribution in [0, 0.1) is 5.41 Å². The average Bonchev–Trinajstić information content (AvgIpc) is 2.70. The summed E-state index contributed by atoms with van der Waals surface area (Å²) in [5.74, 6) is 0.789. The molecule has 0 saturated carbocycles. The minimum absolute atomic E-state index is 0.0616. The molecular formula is C21H31NO4. The molecule has 2 aliphatic rings. The summed E-state index contributed by atoms with van der Waals surface area (Å²) in [4.78, 5) is 15.4. The molecule has 0 spiro atoms. The maximum Gasteiger partial charge on any atom is 0.313 e. The molecule has 2 saturated heterocycles. The van der Waals surface area contributed by atoms with Gasteiger partial charge in [0.2, 0.25) is 0 Å². The normalized spacial score (nSPS) is 25.0. The fraction of sp³-hybridized carbons (Fsp3) is 0.667. The molecule has 26 heavy (non-hydrogen) atoms. The molecule has 0 unspecified atom stereocenters. The van der Waals surface area contributed by atoms with E-state index in [4.69, 9.17) is 14.2 Å². The maximum atomic E-state index is 12.9. The van der Waals surface area contributed by atoms with Gasteiger partial charge < -0.3 is 14.2 Å². The molecule has 0 bridgehead atoms. The Morgan fingerprint density at radius 1 is 1.27 bits per heavy atom. The second-order valence-electron chi connectivity index (χ2n) is 7.33. The summed E-state index contributed by atoms with van der Waals surface area (Å²) in [7, 11) is 0. The molecule has 0 aliphatic carbocycles. The number of hydrogen-bond donors (Lipinski definition) is 0. The first-order valence-corrected chi connectivity index (χ1v) is 9.90. The van der Waals surface area contributed by atoms with E-state index in [0.29, 0.717) is 25.7 Å². The van der Waals surface area contributed by atoms with Crippen LogP contribution in [0.3, 0.4) is 0 Å². The number of carbonyl (C=O) groups excluding carboxylic acids is 1. The number of carbonyl (C=O) groups is 1. The van der Waals surface area contributed by atoms with E-state index in [9.17, 15) is 4.79 Å². The molecule has 2 heterocycles. The molecule has 144 valence electrons. The molecule has 3 rings (SSSR count). The van der Waals surface area contributed by atoms with Crippen molar-refractivity contribution in [3.63, 3.8) is 0 Å². The molecule has 1 aromatic rings. The average molecular weight is 361 g/mol. The second-order valence-corrected chi connectivity index (χ2v) is 7.33. The van der Waals surface area contributed by atoms with E-state index in [-0.39, 0.29) is 5.97 Å². The number of ether oxygens (including phenoxy) is 3. The van der Waals surface area contributed by atoms with Gasteiger partial charge in [-0.1, -0.05) is 18.2 Å². The fourth-order valence-corrected chi connectivity index (χ4v) is 4.17. The van der Waals surface area contributed by atoms with Gasteiger partial charge in [0.25, 0.3) is 0 Å². The molecule has 1 atom stereocenters. The Balaban J connectivity index is 1.65. The van der Waals surface area contributed by atoms with Gasteiger partial charge in [0.15, 0.2) is 0 Å². The van der Waals surface area contributed by atoms with Gasteiger partial charge >= 0.3 is 5.97 Å². The number of rotatable bonds is 7. The van der Waals surface area contributed by atoms with Crippen LogP contribution in [0.25, 0.3) is 0 Å². The standard InChI is InChI=1S/C21H31NO4/c1-2-25-20(23)21(12-16-26-19-7-4-3-5-8-19)11-6-13-22(17-21)18-9-14-24-15-10-18/h3-5,7-8,18H,2,6,9-17H2,1H3/t21-/m0/s1. The summed E-state index contributed by atoms with van der Waals surface area (Å²) in [6, 6.07) is 10.3. The Hall–Kier alpha value is -1.59. The van der Waals surface area contributed by atoms with E-state index in [0.717, 1.165) is 57.7 Å². The van der Waals surface area contributed by atoms with Gasteiger partial charge in [-0.3, -0.25) is 9.69 Å². The molecule has 0 N–H and O–H groups in total. The molecule has 0 aromatic heterocycles. The molecule has 0 radical (unpaired) electrons. The molecule has 5 nitrogen and oxygen atoms in total. The maximum absolute atomic E-state index is 12.9. The minimum atomic E-state index is -0.457. The third kappa shape index (κ3) is 4.77. The number of hydrogen-bond acceptors (Lipinski definition) is 5. The lowest BCUT2D eigenvalue weighted by Gasteiger charge is -2.45. The van der Waals surface area contributed by atoms with Crippen molar-refractivity contribution < 1.29 is 19.0 Å². The number of esters is 1. The Bertz CT molecular complexity index is 558. The van der Waals surface area contributed by atoms with Gasteiger partial charge in [-0.2, -0.15) is 0 Å². The summed E-state index contributed by atoms with van der Waals surface area (Å²) in [6.07, 6.45) is 4.71. The van der Waals surface area contributed by atoms with Crippen LogP contribution in [0.15, 0.2) is 30.3 Å². The number of piperidine rings is 1. The molecule has 0 amide bonds. The molecule has 5 heteroatoms. The highest BCUT2D eigenvalue weighted by Gasteiger charge is 2.44. The highest BCUT2D eigenvalue weighted by molar-refractivity contribution is 5.77. The zero-order valence-corrected chi connectivity index (χ0v) is 15.8. The molecule has 2 fully saturated rings. The topological polar surface area (TPSA) is 48.0 Å². The molecule has 1 aromatic carbocycles. The first kappa shape index (κ1) is 19.2. The summed E-state index contributed by atoms with van der Waals surface area (Å²) in [5.41, 5.74) is -0.457. The third-order valence-electron chi connectivity index (χ3n) is 5.61. The van der Waals surface area contributed by atoms with Crippen molar-refractivity contribution in [2.24, 2.45) is 5.41 Å². The number of para-hydroxylation sites is 1.